The molecule has 0 spiro atoms. The summed E-state index contributed by atoms with van der Waals surface area (Å²) in [6.45, 7) is 12.6. The van der Waals surface area contributed by atoms with E-state index in [0.717, 1.165) is 32.7 Å². The lowest BCUT2D eigenvalue weighted by Gasteiger charge is -2.35. The molecule has 3 rings (SSSR count). The van der Waals surface area contributed by atoms with Gasteiger partial charge in [0.05, 0.1) is 10.1 Å². The Kier molecular flexibility index (Phi) is 8.32. The lowest BCUT2D eigenvalue weighted by atomic mass is 10.2. The minimum absolute atomic E-state index is 0.0535. The van der Waals surface area contributed by atoms with Crippen molar-refractivity contribution in [2.75, 3.05) is 45.8 Å². The van der Waals surface area contributed by atoms with Crippen LogP contribution in [0.5, 0.6) is 0 Å². The molecule has 0 saturated carbocycles. The Morgan fingerprint density at radius 2 is 1.84 bits per heavy atom. The summed E-state index contributed by atoms with van der Waals surface area (Å²) < 4.78 is 32.8. The van der Waals surface area contributed by atoms with Crippen LogP contribution in [-0.2, 0) is 14.8 Å². The maximum Gasteiger partial charge on any atom is 0.277 e. The molecule has 11 heteroatoms. The van der Waals surface area contributed by atoms with Crippen LogP contribution in [0.2, 0.25) is 0 Å². The molecule has 32 heavy (non-hydrogen) atoms. The summed E-state index contributed by atoms with van der Waals surface area (Å²) in [6, 6.07) is 6.48. The third kappa shape index (κ3) is 5.51. The molecule has 1 saturated heterocycles. The summed E-state index contributed by atoms with van der Waals surface area (Å²) in [7, 11) is -3.59. The predicted octanol–water partition coefficient (Wildman–Crippen LogP) is 2.41. The highest BCUT2D eigenvalue weighted by atomic mass is 32.2. The maximum absolute atomic E-state index is 12.8. The zero-order valence-corrected chi connectivity index (χ0v) is 20.7. The standard InChI is InChI=1S/C21H31N5O4S2/c1-5-24-11-13-25(14-12-24)20(27)16(4)31-21-23-22-19(30-21)17-9-8-10-18(15-17)32(28,29)26(6-2)7-3/h8-10,15-16H,5-7,11-14H2,1-4H3/t16-/m0/s1. The Balaban J connectivity index is 1.69. The number of nitrogens with zero attached hydrogens (tertiary/aromatic N) is 5. The van der Waals surface area contributed by atoms with Gasteiger partial charge in [-0.1, -0.05) is 38.6 Å². The van der Waals surface area contributed by atoms with Crippen LogP contribution in [0.3, 0.4) is 0 Å². The fourth-order valence-electron chi connectivity index (χ4n) is 3.62. The lowest BCUT2D eigenvalue weighted by Crippen LogP contribution is -2.50. The molecule has 0 aliphatic carbocycles. The van der Waals surface area contributed by atoms with E-state index >= 15 is 0 Å². The fourth-order valence-corrected chi connectivity index (χ4v) is 5.89. The number of rotatable bonds is 9. The number of sulfonamides is 1. The highest BCUT2D eigenvalue weighted by Crippen LogP contribution is 2.28. The SMILES string of the molecule is CCN1CCN(C(=O)[C@H](C)Sc2nnc(-c3cccc(S(=O)(=O)N(CC)CC)c3)o2)CC1. The third-order valence-corrected chi connectivity index (χ3v) is 8.55. The molecule has 1 fully saturated rings. The van der Waals surface area contributed by atoms with Crippen molar-refractivity contribution < 1.29 is 17.6 Å². The molecule has 0 N–H and O–H groups in total. The molecular formula is C21H31N5O4S2. The first-order valence-electron chi connectivity index (χ1n) is 10.9. The second kappa shape index (κ2) is 10.8. The van der Waals surface area contributed by atoms with Crippen molar-refractivity contribution >= 4 is 27.7 Å². The molecule has 0 bridgehead atoms. The van der Waals surface area contributed by atoms with E-state index in [-0.39, 0.29) is 27.2 Å². The van der Waals surface area contributed by atoms with Crippen molar-refractivity contribution in [3.8, 4) is 11.5 Å². The number of hydrogen-bond donors (Lipinski definition) is 0. The molecule has 0 radical (unpaired) electrons. The first-order valence-corrected chi connectivity index (χ1v) is 13.2. The first kappa shape index (κ1) is 24.7. The molecule has 1 atom stereocenters. The van der Waals surface area contributed by atoms with Gasteiger partial charge in [0.15, 0.2) is 0 Å². The number of carbonyl (C=O) groups is 1. The molecular weight excluding hydrogens is 450 g/mol. The van der Waals surface area contributed by atoms with E-state index in [1.54, 1.807) is 32.0 Å². The number of thioether (sulfide) groups is 1. The summed E-state index contributed by atoms with van der Waals surface area (Å²) in [5.41, 5.74) is 0.521. The lowest BCUT2D eigenvalue weighted by molar-refractivity contribution is -0.132. The number of hydrogen-bond acceptors (Lipinski definition) is 8. The molecule has 1 amide bonds. The smallest absolute Gasteiger partial charge is 0.277 e. The average Bonchev–Trinajstić information content (AvgIpc) is 3.28. The van der Waals surface area contributed by atoms with Crippen LogP contribution in [-0.4, -0.2) is 89.7 Å². The minimum Gasteiger partial charge on any atom is -0.411 e. The zero-order valence-electron chi connectivity index (χ0n) is 19.0. The van der Waals surface area contributed by atoms with Crippen molar-refractivity contribution in [2.24, 2.45) is 0 Å². The van der Waals surface area contributed by atoms with Crippen LogP contribution in [0.1, 0.15) is 27.7 Å². The topological polar surface area (TPSA) is 99.8 Å². The number of amides is 1. The number of piperazine rings is 1. The summed E-state index contributed by atoms with van der Waals surface area (Å²) in [4.78, 5) is 17.2. The van der Waals surface area contributed by atoms with Crippen LogP contribution in [0.15, 0.2) is 38.8 Å². The Bertz CT molecular complexity index is 1010. The van der Waals surface area contributed by atoms with E-state index in [9.17, 15) is 13.2 Å². The van der Waals surface area contributed by atoms with Crippen molar-refractivity contribution in [3.05, 3.63) is 24.3 Å². The summed E-state index contributed by atoms with van der Waals surface area (Å²) in [5.74, 6) is 0.276. The van der Waals surface area contributed by atoms with E-state index in [4.69, 9.17) is 4.42 Å². The summed E-state index contributed by atoms with van der Waals surface area (Å²) in [6.07, 6.45) is 0. The molecule has 1 aliphatic heterocycles. The van der Waals surface area contributed by atoms with Crippen LogP contribution < -0.4 is 0 Å². The van der Waals surface area contributed by atoms with Crippen molar-refractivity contribution in [1.82, 2.24) is 24.3 Å². The zero-order chi connectivity index (χ0) is 23.3. The van der Waals surface area contributed by atoms with E-state index in [1.165, 1.54) is 22.1 Å². The second-order valence-corrected chi connectivity index (χ2v) is 10.7. The normalized spacial score (nSPS) is 16.5. The number of aromatic nitrogens is 2. The largest absolute Gasteiger partial charge is 0.411 e. The number of benzene rings is 1. The van der Waals surface area contributed by atoms with Gasteiger partial charge in [0, 0.05) is 44.8 Å². The predicted molar refractivity (Wildman–Crippen MR) is 124 cm³/mol. The van der Waals surface area contributed by atoms with Gasteiger partial charge < -0.3 is 14.2 Å². The molecule has 0 unspecified atom stereocenters. The van der Waals surface area contributed by atoms with Crippen molar-refractivity contribution in [2.45, 2.75) is 43.1 Å². The van der Waals surface area contributed by atoms with Crippen LogP contribution in [0, 0.1) is 0 Å². The Morgan fingerprint density at radius 1 is 1.16 bits per heavy atom. The average molecular weight is 482 g/mol. The molecule has 1 aromatic carbocycles. The van der Waals surface area contributed by atoms with Gasteiger partial charge in [-0.3, -0.25) is 4.79 Å². The Morgan fingerprint density at radius 3 is 2.47 bits per heavy atom. The molecule has 2 aromatic rings. The minimum atomic E-state index is -3.59. The molecule has 1 aromatic heterocycles. The fraction of sp³-hybridized carbons (Fsp3) is 0.571. The summed E-state index contributed by atoms with van der Waals surface area (Å²) >= 11 is 1.22. The van der Waals surface area contributed by atoms with Gasteiger partial charge in [-0.2, -0.15) is 4.31 Å². The number of likely N-dealkylation sites (N-methyl/N-ethyl adjacent to an activating group) is 1. The number of carbonyl (C=O) groups excluding carboxylic acids is 1. The van der Waals surface area contributed by atoms with Crippen LogP contribution >= 0.6 is 11.8 Å². The Hall–Kier alpha value is -1.95. The molecule has 176 valence electrons. The Labute approximate surface area is 194 Å². The van der Waals surface area contributed by atoms with E-state index in [2.05, 4.69) is 22.0 Å². The van der Waals surface area contributed by atoms with Gasteiger partial charge in [-0.05, 0) is 31.7 Å². The highest BCUT2D eigenvalue weighted by Gasteiger charge is 2.27. The van der Waals surface area contributed by atoms with E-state index in [1.807, 2.05) is 11.8 Å². The summed E-state index contributed by atoms with van der Waals surface area (Å²) in [5, 5.41) is 8.04. The van der Waals surface area contributed by atoms with Crippen molar-refractivity contribution in [1.29, 1.82) is 0 Å². The van der Waals surface area contributed by atoms with Gasteiger partial charge in [0.2, 0.25) is 21.8 Å². The first-order chi connectivity index (χ1) is 15.3. The van der Waals surface area contributed by atoms with Gasteiger partial charge in [0.1, 0.15) is 0 Å². The van der Waals surface area contributed by atoms with Gasteiger partial charge in [0.25, 0.3) is 5.22 Å². The maximum atomic E-state index is 12.8. The van der Waals surface area contributed by atoms with Crippen LogP contribution in [0.4, 0.5) is 0 Å². The van der Waals surface area contributed by atoms with Crippen LogP contribution in [0.25, 0.3) is 11.5 Å². The third-order valence-electron chi connectivity index (χ3n) is 5.59. The van der Waals surface area contributed by atoms with Gasteiger partial charge in [-0.25, -0.2) is 8.42 Å². The van der Waals surface area contributed by atoms with Crippen molar-refractivity contribution in [3.63, 3.8) is 0 Å². The monoisotopic (exact) mass is 481 g/mol. The van der Waals surface area contributed by atoms with Gasteiger partial charge >= 0.3 is 0 Å². The molecule has 1 aliphatic rings. The van der Waals surface area contributed by atoms with E-state index < -0.39 is 10.0 Å². The molecule has 9 nitrogen and oxygen atoms in total. The quantitative estimate of drug-likeness (QED) is 0.504. The van der Waals surface area contributed by atoms with Gasteiger partial charge in [-0.15, -0.1) is 10.2 Å². The highest BCUT2D eigenvalue weighted by molar-refractivity contribution is 8.00. The molecule has 2 heterocycles. The van der Waals surface area contributed by atoms with E-state index in [0.29, 0.717) is 18.7 Å². The second-order valence-electron chi connectivity index (χ2n) is 7.51.